The zero-order chi connectivity index (χ0) is 22.5. The van der Waals surface area contributed by atoms with Crippen LogP contribution in [0.15, 0.2) is 24.3 Å². The molecule has 0 unspecified atom stereocenters. The molecule has 1 N–H and O–H groups in total. The molecule has 0 aromatic heterocycles. The molecule has 5 aliphatic rings. The van der Waals surface area contributed by atoms with Gasteiger partial charge >= 0.3 is 5.97 Å². The van der Waals surface area contributed by atoms with Crippen molar-refractivity contribution in [2.45, 2.75) is 77.0 Å². The second kappa shape index (κ2) is 8.25. The van der Waals surface area contributed by atoms with Crippen molar-refractivity contribution < 1.29 is 38.6 Å². The molecule has 4 aliphatic heterocycles. The van der Waals surface area contributed by atoms with Crippen LogP contribution in [-0.2, 0) is 35.4 Å². The highest BCUT2D eigenvalue weighted by Gasteiger charge is 2.69. The Hall–Kier alpha value is -1.71. The molecule has 8 heteroatoms. The maximum absolute atomic E-state index is 10.6. The third-order valence-corrected chi connectivity index (χ3v) is 7.77. The summed E-state index contributed by atoms with van der Waals surface area (Å²) in [5.74, 6) is 0.0361. The van der Waals surface area contributed by atoms with Crippen LogP contribution in [0.1, 0.15) is 52.0 Å². The Balaban J connectivity index is 1.33. The second-order valence-electron chi connectivity index (χ2n) is 9.92. The molecular weight excluding hydrogens is 416 g/mol. The Kier molecular flexibility index (Phi) is 5.70. The zero-order valence-electron chi connectivity index (χ0n) is 18.8. The molecule has 1 spiro atoms. The first kappa shape index (κ1) is 22.1. The Bertz CT molecular complexity index is 843. The number of hydrogen-bond donors (Lipinski definition) is 1. The lowest BCUT2D eigenvalue weighted by atomic mass is 9.58. The number of benzene rings is 1. The van der Waals surface area contributed by atoms with Gasteiger partial charge in [0.2, 0.25) is 12.1 Å². The van der Waals surface area contributed by atoms with Gasteiger partial charge in [-0.05, 0) is 55.7 Å². The van der Waals surface area contributed by atoms with Gasteiger partial charge in [-0.25, -0.2) is 14.6 Å². The van der Waals surface area contributed by atoms with Gasteiger partial charge in [0, 0.05) is 18.3 Å². The van der Waals surface area contributed by atoms with Crippen LogP contribution < -0.4 is 4.74 Å². The molecule has 1 aliphatic carbocycles. The highest BCUT2D eigenvalue weighted by atomic mass is 17.3. The summed E-state index contributed by atoms with van der Waals surface area (Å²) in [6, 6.07) is 7.44. The van der Waals surface area contributed by atoms with Gasteiger partial charge in [-0.2, -0.15) is 0 Å². The van der Waals surface area contributed by atoms with Crippen LogP contribution in [0.5, 0.6) is 5.75 Å². The molecule has 8 nitrogen and oxygen atoms in total. The number of hydrogen-bond acceptors (Lipinski definition) is 7. The van der Waals surface area contributed by atoms with Gasteiger partial charge in [-0.15, -0.1) is 0 Å². The van der Waals surface area contributed by atoms with Crippen LogP contribution in [-0.4, -0.2) is 41.7 Å². The summed E-state index contributed by atoms with van der Waals surface area (Å²) in [7, 11) is 0. The van der Waals surface area contributed by atoms with Crippen LogP contribution in [0, 0.1) is 23.7 Å². The van der Waals surface area contributed by atoms with Crippen molar-refractivity contribution >= 4 is 5.97 Å². The van der Waals surface area contributed by atoms with Crippen molar-refractivity contribution in [3.63, 3.8) is 0 Å². The number of carbonyl (C=O) groups is 1. The van der Waals surface area contributed by atoms with E-state index in [1.807, 2.05) is 31.2 Å². The standard InChI is InChI=1S/C24H32O8/c1-14-4-9-19-15(2)21(28-17-7-5-16(6-8-17)12-27-13-20(25)26)29-22-24(19)18(14)10-11-23(3,30-22)31-32-24/h5-8,14-15,18-19,21-22H,4,9-13H2,1-3H3,(H,25,26)/t14-,15-,18+,19+,21+,22-,23-,24-/m1/s1. The molecule has 1 aromatic carbocycles. The van der Waals surface area contributed by atoms with E-state index in [2.05, 4.69) is 13.8 Å². The molecule has 0 amide bonds. The SMILES string of the molecule is C[C@H]1[C@@H](Oc2ccc(COCC(=O)O)cc2)O[C@@H]2O[C@@]3(C)CC[C@H]4[C@H](C)CC[C@@H]1[C@@]24OO3. The van der Waals surface area contributed by atoms with E-state index in [0.29, 0.717) is 17.6 Å². The molecule has 8 atom stereocenters. The van der Waals surface area contributed by atoms with E-state index in [4.69, 9.17) is 33.8 Å². The van der Waals surface area contributed by atoms with Gasteiger partial charge in [-0.3, -0.25) is 0 Å². The topological polar surface area (TPSA) is 92.7 Å². The molecular formula is C24H32O8. The van der Waals surface area contributed by atoms with Crippen LogP contribution in [0.4, 0.5) is 0 Å². The summed E-state index contributed by atoms with van der Waals surface area (Å²) in [6.07, 6.45) is 2.93. The van der Waals surface area contributed by atoms with Crippen molar-refractivity contribution in [3.05, 3.63) is 29.8 Å². The summed E-state index contributed by atoms with van der Waals surface area (Å²) in [5, 5.41) is 8.69. The number of fused-ring (bicyclic) bond motifs is 2. The average Bonchev–Trinajstić information content (AvgIpc) is 2.99. The first-order chi connectivity index (χ1) is 15.3. The molecule has 1 saturated carbocycles. The molecule has 32 heavy (non-hydrogen) atoms. The number of ether oxygens (including phenoxy) is 4. The highest BCUT2D eigenvalue weighted by molar-refractivity contribution is 5.67. The fourth-order valence-electron chi connectivity index (χ4n) is 6.06. The summed E-state index contributed by atoms with van der Waals surface area (Å²) in [4.78, 5) is 22.6. The molecule has 2 bridgehead atoms. The molecule has 5 fully saturated rings. The van der Waals surface area contributed by atoms with Crippen molar-refractivity contribution in [1.82, 2.24) is 0 Å². The molecule has 4 saturated heterocycles. The summed E-state index contributed by atoms with van der Waals surface area (Å²) in [5.41, 5.74) is 0.278. The Morgan fingerprint density at radius 1 is 1.12 bits per heavy atom. The second-order valence-corrected chi connectivity index (χ2v) is 9.92. The molecule has 6 rings (SSSR count). The lowest BCUT2D eigenvalue weighted by Gasteiger charge is -2.60. The fourth-order valence-corrected chi connectivity index (χ4v) is 6.06. The van der Waals surface area contributed by atoms with E-state index in [1.54, 1.807) is 0 Å². The number of carboxylic acids is 1. The predicted octanol–water partition coefficient (Wildman–Crippen LogP) is 3.87. The maximum Gasteiger partial charge on any atom is 0.329 e. The highest BCUT2D eigenvalue weighted by Crippen LogP contribution is 2.60. The molecule has 4 heterocycles. The summed E-state index contributed by atoms with van der Waals surface area (Å²) >= 11 is 0. The molecule has 1 aromatic rings. The van der Waals surface area contributed by atoms with Gasteiger partial charge in [0.1, 0.15) is 12.4 Å². The lowest BCUT2D eigenvalue weighted by molar-refractivity contribution is -0.575. The quantitative estimate of drug-likeness (QED) is 0.656. The van der Waals surface area contributed by atoms with Crippen LogP contribution in [0.25, 0.3) is 0 Å². The number of carboxylic acid groups (broad SMARTS) is 1. The van der Waals surface area contributed by atoms with E-state index in [9.17, 15) is 4.79 Å². The van der Waals surface area contributed by atoms with Crippen LogP contribution in [0.3, 0.4) is 0 Å². The Morgan fingerprint density at radius 3 is 2.66 bits per heavy atom. The minimum absolute atomic E-state index is 0.0921. The molecule has 176 valence electrons. The van der Waals surface area contributed by atoms with Gasteiger partial charge in [-0.1, -0.05) is 26.0 Å². The fraction of sp³-hybridized carbons (Fsp3) is 0.708. The van der Waals surface area contributed by atoms with Crippen molar-refractivity contribution in [2.75, 3.05) is 6.61 Å². The first-order valence-electron chi connectivity index (χ1n) is 11.6. The Morgan fingerprint density at radius 2 is 1.91 bits per heavy atom. The Labute approximate surface area is 188 Å². The van der Waals surface area contributed by atoms with Crippen molar-refractivity contribution in [1.29, 1.82) is 0 Å². The monoisotopic (exact) mass is 448 g/mol. The normalized spacial score (nSPS) is 42.7. The van der Waals surface area contributed by atoms with Crippen molar-refractivity contribution in [2.24, 2.45) is 23.7 Å². The van der Waals surface area contributed by atoms with E-state index in [-0.39, 0.29) is 25.0 Å². The third kappa shape index (κ3) is 3.72. The van der Waals surface area contributed by atoms with Gasteiger partial charge < -0.3 is 24.1 Å². The predicted molar refractivity (Wildman–Crippen MR) is 111 cm³/mol. The number of aliphatic carboxylic acids is 1. The molecule has 0 radical (unpaired) electrons. The third-order valence-electron chi connectivity index (χ3n) is 7.77. The average molecular weight is 449 g/mol. The van der Waals surface area contributed by atoms with Crippen LogP contribution >= 0.6 is 0 Å². The van der Waals surface area contributed by atoms with Gasteiger partial charge in [0.25, 0.3) is 0 Å². The minimum atomic E-state index is -0.983. The first-order valence-corrected chi connectivity index (χ1v) is 11.6. The van der Waals surface area contributed by atoms with Crippen LogP contribution in [0.2, 0.25) is 0 Å². The summed E-state index contributed by atoms with van der Waals surface area (Å²) in [6.45, 7) is 6.29. The van der Waals surface area contributed by atoms with E-state index in [1.165, 1.54) is 0 Å². The van der Waals surface area contributed by atoms with Gasteiger partial charge in [0.05, 0.1) is 6.61 Å². The van der Waals surface area contributed by atoms with Gasteiger partial charge in [0.15, 0.2) is 11.9 Å². The largest absolute Gasteiger partial charge is 0.480 e. The zero-order valence-corrected chi connectivity index (χ0v) is 18.8. The number of rotatable bonds is 6. The maximum atomic E-state index is 10.6. The van der Waals surface area contributed by atoms with E-state index in [0.717, 1.165) is 31.2 Å². The smallest absolute Gasteiger partial charge is 0.329 e. The van der Waals surface area contributed by atoms with E-state index < -0.39 is 29.9 Å². The van der Waals surface area contributed by atoms with Crippen molar-refractivity contribution in [3.8, 4) is 5.75 Å². The lowest BCUT2D eigenvalue weighted by Crippen LogP contribution is -2.70. The van der Waals surface area contributed by atoms with E-state index >= 15 is 0 Å². The minimum Gasteiger partial charge on any atom is -0.480 e. The summed E-state index contributed by atoms with van der Waals surface area (Å²) < 4.78 is 24.2.